The normalized spacial score (nSPS) is 17.5. The molecule has 2 rings (SSSR count). The fourth-order valence-electron chi connectivity index (χ4n) is 1.97. The van der Waals surface area contributed by atoms with E-state index in [1.807, 2.05) is 11.8 Å². The van der Waals surface area contributed by atoms with Crippen molar-refractivity contribution in [1.82, 2.24) is 4.90 Å². The van der Waals surface area contributed by atoms with Crippen LogP contribution in [0.5, 0.6) is 0 Å². The van der Waals surface area contributed by atoms with Crippen molar-refractivity contribution in [1.29, 1.82) is 0 Å². The predicted molar refractivity (Wildman–Crippen MR) is 62.7 cm³/mol. The van der Waals surface area contributed by atoms with Crippen LogP contribution in [0.1, 0.15) is 18.4 Å². The van der Waals surface area contributed by atoms with Gasteiger partial charge in [-0.25, -0.2) is 0 Å². The van der Waals surface area contributed by atoms with E-state index in [0.29, 0.717) is 0 Å². The van der Waals surface area contributed by atoms with Crippen LogP contribution in [0, 0.1) is 0 Å². The highest BCUT2D eigenvalue weighted by molar-refractivity contribution is 7.98. The number of rotatable bonds is 3. The number of likely N-dealkylation sites (tertiary alicyclic amines) is 1. The Morgan fingerprint density at radius 2 is 2.07 bits per heavy atom. The van der Waals surface area contributed by atoms with Gasteiger partial charge >= 0.3 is 0 Å². The third-order valence-corrected chi connectivity index (χ3v) is 3.46. The average molecular weight is 207 g/mol. The molecule has 1 saturated heterocycles. The van der Waals surface area contributed by atoms with Gasteiger partial charge in [0.1, 0.15) is 0 Å². The van der Waals surface area contributed by atoms with Crippen molar-refractivity contribution >= 4 is 11.8 Å². The molecule has 1 aliphatic heterocycles. The highest BCUT2D eigenvalue weighted by Crippen LogP contribution is 2.18. The minimum absolute atomic E-state index is 1.13. The van der Waals surface area contributed by atoms with E-state index in [1.54, 1.807) is 0 Å². The zero-order valence-electron chi connectivity index (χ0n) is 8.70. The molecule has 0 spiro atoms. The molecule has 14 heavy (non-hydrogen) atoms. The fourth-order valence-corrected chi connectivity index (χ4v) is 2.45. The molecule has 1 aromatic rings. The Kier molecular flexibility index (Phi) is 3.49. The Labute approximate surface area is 90.5 Å². The van der Waals surface area contributed by atoms with Crippen molar-refractivity contribution in [3.8, 4) is 0 Å². The molecule has 0 saturated carbocycles. The van der Waals surface area contributed by atoms with E-state index in [2.05, 4.69) is 35.4 Å². The van der Waals surface area contributed by atoms with Crippen molar-refractivity contribution in [3.63, 3.8) is 0 Å². The summed E-state index contributed by atoms with van der Waals surface area (Å²) in [4.78, 5) is 3.92. The van der Waals surface area contributed by atoms with Crippen LogP contribution < -0.4 is 0 Å². The molecule has 0 unspecified atom stereocenters. The van der Waals surface area contributed by atoms with Crippen molar-refractivity contribution in [2.45, 2.75) is 24.3 Å². The van der Waals surface area contributed by atoms with Crippen molar-refractivity contribution < 1.29 is 0 Å². The Balaban J connectivity index is 2.00. The second-order valence-corrected chi connectivity index (χ2v) is 4.71. The van der Waals surface area contributed by atoms with Crippen LogP contribution in [0.3, 0.4) is 0 Å². The molecule has 2 heteroatoms. The van der Waals surface area contributed by atoms with Gasteiger partial charge in [0.25, 0.3) is 0 Å². The summed E-state index contributed by atoms with van der Waals surface area (Å²) in [5, 5.41) is 0. The second-order valence-electron chi connectivity index (χ2n) is 3.83. The summed E-state index contributed by atoms with van der Waals surface area (Å²) >= 11 is 1.82. The van der Waals surface area contributed by atoms with Gasteiger partial charge in [0.05, 0.1) is 0 Å². The molecular formula is C12H17NS. The first-order valence-electron chi connectivity index (χ1n) is 5.24. The standard InChI is InChI=1S/C12H17NS/c1-14-12-6-4-5-11(9-12)10-13-7-2-3-8-13/h4-6,9H,2-3,7-8,10H2,1H3. The number of nitrogens with zero attached hydrogens (tertiary/aromatic N) is 1. The average Bonchev–Trinajstić information content (AvgIpc) is 2.71. The van der Waals surface area contributed by atoms with Gasteiger partial charge in [-0.3, -0.25) is 4.90 Å². The van der Waals surface area contributed by atoms with Crippen LogP contribution in [-0.2, 0) is 6.54 Å². The molecule has 1 fully saturated rings. The summed E-state index contributed by atoms with van der Waals surface area (Å²) < 4.78 is 0. The van der Waals surface area contributed by atoms with Crippen LogP contribution in [0.15, 0.2) is 29.2 Å². The Morgan fingerprint density at radius 1 is 1.29 bits per heavy atom. The fraction of sp³-hybridized carbons (Fsp3) is 0.500. The lowest BCUT2D eigenvalue weighted by Gasteiger charge is -2.14. The van der Waals surface area contributed by atoms with Gasteiger partial charge < -0.3 is 0 Å². The summed E-state index contributed by atoms with van der Waals surface area (Å²) in [6, 6.07) is 8.89. The van der Waals surface area contributed by atoms with Crippen LogP contribution in [0.4, 0.5) is 0 Å². The molecule has 1 aromatic carbocycles. The lowest BCUT2D eigenvalue weighted by molar-refractivity contribution is 0.331. The van der Waals surface area contributed by atoms with Crippen molar-refractivity contribution in [3.05, 3.63) is 29.8 Å². The first-order valence-corrected chi connectivity index (χ1v) is 6.46. The van der Waals surface area contributed by atoms with Crippen LogP contribution in [0.25, 0.3) is 0 Å². The summed E-state index contributed by atoms with van der Waals surface area (Å²) in [6.07, 6.45) is 4.89. The van der Waals surface area contributed by atoms with Gasteiger partial charge in [0.2, 0.25) is 0 Å². The predicted octanol–water partition coefficient (Wildman–Crippen LogP) is 3.00. The summed E-state index contributed by atoms with van der Waals surface area (Å²) in [5.74, 6) is 0. The van der Waals surface area contributed by atoms with Gasteiger partial charge in [-0.1, -0.05) is 12.1 Å². The number of hydrogen-bond acceptors (Lipinski definition) is 2. The van der Waals surface area contributed by atoms with Crippen LogP contribution in [-0.4, -0.2) is 24.2 Å². The maximum absolute atomic E-state index is 2.54. The molecule has 0 amide bonds. The minimum Gasteiger partial charge on any atom is -0.299 e. The molecule has 1 aliphatic rings. The lowest BCUT2D eigenvalue weighted by atomic mass is 10.2. The van der Waals surface area contributed by atoms with E-state index in [-0.39, 0.29) is 0 Å². The van der Waals surface area contributed by atoms with E-state index in [1.165, 1.54) is 36.4 Å². The summed E-state index contributed by atoms with van der Waals surface area (Å²) in [7, 11) is 0. The van der Waals surface area contributed by atoms with Gasteiger partial charge in [-0.2, -0.15) is 0 Å². The van der Waals surface area contributed by atoms with Crippen LogP contribution >= 0.6 is 11.8 Å². The topological polar surface area (TPSA) is 3.24 Å². The molecule has 0 bridgehead atoms. The summed E-state index contributed by atoms with van der Waals surface area (Å²) in [6.45, 7) is 3.70. The molecule has 0 aromatic heterocycles. The zero-order valence-corrected chi connectivity index (χ0v) is 9.52. The van der Waals surface area contributed by atoms with E-state index < -0.39 is 0 Å². The minimum atomic E-state index is 1.13. The number of hydrogen-bond donors (Lipinski definition) is 0. The van der Waals surface area contributed by atoms with Crippen molar-refractivity contribution in [2.24, 2.45) is 0 Å². The van der Waals surface area contributed by atoms with Gasteiger partial charge in [-0.15, -0.1) is 11.8 Å². The van der Waals surface area contributed by atoms with Crippen LogP contribution in [0.2, 0.25) is 0 Å². The third-order valence-electron chi connectivity index (χ3n) is 2.74. The zero-order chi connectivity index (χ0) is 9.80. The van der Waals surface area contributed by atoms with E-state index in [4.69, 9.17) is 0 Å². The Bertz CT molecular complexity index is 292. The number of thioether (sulfide) groups is 1. The van der Waals surface area contributed by atoms with Crippen molar-refractivity contribution in [2.75, 3.05) is 19.3 Å². The SMILES string of the molecule is CSc1cccc(CN2CCCC2)c1. The first-order chi connectivity index (χ1) is 6.88. The molecule has 0 radical (unpaired) electrons. The smallest absolute Gasteiger partial charge is 0.0234 e. The highest BCUT2D eigenvalue weighted by atomic mass is 32.2. The van der Waals surface area contributed by atoms with E-state index in [9.17, 15) is 0 Å². The number of benzene rings is 1. The van der Waals surface area contributed by atoms with E-state index in [0.717, 1.165) is 6.54 Å². The largest absolute Gasteiger partial charge is 0.299 e. The molecule has 0 aliphatic carbocycles. The first kappa shape index (κ1) is 10.1. The molecular weight excluding hydrogens is 190 g/mol. The molecule has 1 heterocycles. The highest BCUT2D eigenvalue weighted by Gasteiger charge is 2.11. The third kappa shape index (κ3) is 2.52. The summed E-state index contributed by atoms with van der Waals surface area (Å²) in [5.41, 5.74) is 1.46. The molecule has 1 nitrogen and oxygen atoms in total. The maximum Gasteiger partial charge on any atom is 0.0234 e. The Hall–Kier alpha value is -0.470. The van der Waals surface area contributed by atoms with Gasteiger partial charge in [0, 0.05) is 11.4 Å². The molecule has 0 N–H and O–H groups in total. The molecule has 76 valence electrons. The van der Waals surface area contributed by atoms with E-state index >= 15 is 0 Å². The quantitative estimate of drug-likeness (QED) is 0.701. The Morgan fingerprint density at radius 3 is 2.79 bits per heavy atom. The van der Waals surface area contributed by atoms with Gasteiger partial charge in [0.15, 0.2) is 0 Å². The van der Waals surface area contributed by atoms with Gasteiger partial charge in [-0.05, 0) is 49.9 Å². The lowest BCUT2D eigenvalue weighted by Crippen LogP contribution is -2.18. The maximum atomic E-state index is 2.54. The monoisotopic (exact) mass is 207 g/mol. The second kappa shape index (κ2) is 4.85. The molecule has 0 atom stereocenters.